The summed E-state index contributed by atoms with van der Waals surface area (Å²) >= 11 is 0. The molecule has 0 spiro atoms. The SMILES string of the molecule is O=C(Nc1ccc(N2CCCCC2)nc1)c1ccc(=O)n(-c2ccc(F)cc2)n1. The predicted molar refractivity (Wildman–Crippen MR) is 108 cm³/mol. The number of pyridine rings is 1. The second kappa shape index (κ2) is 8.22. The minimum atomic E-state index is -0.464. The van der Waals surface area contributed by atoms with E-state index in [4.69, 9.17) is 0 Å². The number of aromatic nitrogens is 3. The van der Waals surface area contributed by atoms with E-state index in [1.807, 2.05) is 6.07 Å². The van der Waals surface area contributed by atoms with Gasteiger partial charge in [-0.1, -0.05) is 0 Å². The molecule has 1 saturated heterocycles. The fourth-order valence-corrected chi connectivity index (χ4v) is 3.26. The van der Waals surface area contributed by atoms with Gasteiger partial charge in [-0.3, -0.25) is 9.59 Å². The first-order chi connectivity index (χ1) is 14.1. The number of amides is 1. The maximum Gasteiger partial charge on any atom is 0.276 e. The van der Waals surface area contributed by atoms with E-state index in [0.29, 0.717) is 11.4 Å². The maximum atomic E-state index is 13.1. The Hall–Kier alpha value is -3.55. The normalized spacial score (nSPS) is 13.9. The standard InChI is InChI=1S/C21H20FN5O2/c22-15-4-7-17(8-5-15)27-20(28)11-9-18(25-27)21(29)24-16-6-10-19(23-14-16)26-12-2-1-3-13-26/h4-11,14H,1-3,12-13H2,(H,24,29). The molecule has 1 aliphatic rings. The summed E-state index contributed by atoms with van der Waals surface area (Å²) in [5.41, 5.74) is 0.561. The monoisotopic (exact) mass is 393 g/mol. The van der Waals surface area contributed by atoms with Gasteiger partial charge in [0.1, 0.15) is 17.3 Å². The summed E-state index contributed by atoms with van der Waals surface area (Å²) in [6, 6.07) is 11.6. The Morgan fingerprint density at radius 3 is 2.41 bits per heavy atom. The van der Waals surface area contributed by atoms with Gasteiger partial charge in [-0.25, -0.2) is 9.37 Å². The number of rotatable bonds is 4. The lowest BCUT2D eigenvalue weighted by Crippen LogP contribution is -2.30. The van der Waals surface area contributed by atoms with E-state index in [0.717, 1.165) is 36.4 Å². The number of benzene rings is 1. The Morgan fingerprint density at radius 1 is 0.966 bits per heavy atom. The van der Waals surface area contributed by atoms with Crippen LogP contribution in [0.25, 0.3) is 5.69 Å². The van der Waals surface area contributed by atoms with E-state index in [2.05, 4.69) is 20.3 Å². The van der Waals surface area contributed by atoms with Crippen molar-refractivity contribution < 1.29 is 9.18 Å². The fraction of sp³-hybridized carbons (Fsp3) is 0.238. The number of anilines is 2. The zero-order valence-electron chi connectivity index (χ0n) is 15.7. The predicted octanol–water partition coefficient (Wildman–Crippen LogP) is 3.01. The van der Waals surface area contributed by atoms with Gasteiger partial charge in [0.05, 0.1) is 17.6 Å². The van der Waals surface area contributed by atoms with Gasteiger partial charge in [-0.05, 0) is 61.7 Å². The van der Waals surface area contributed by atoms with Crippen molar-refractivity contribution in [2.45, 2.75) is 19.3 Å². The molecule has 1 aromatic carbocycles. The Morgan fingerprint density at radius 2 is 1.72 bits per heavy atom. The second-order valence-corrected chi connectivity index (χ2v) is 6.85. The summed E-state index contributed by atoms with van der Waals surface area (Å²) in [4.78, 5) is 31.3. The molecule has 0 bridgehead atoms. The number of nitrogens with zero attached hydrogens (tertiary/aromatic N) is 4. The van der Waals surface area contributed by atoms with Crippen molar-refractivity contribution in [3.05, 3.63) is 76.6 Å². The lowest BCUT2D eigenvalue weighted by molar-refractivity contribution is 0.102. The van der Waals surface area contributed by atoms with Crippen LogP contribution in [0.2, 0.25) is 0 Å². The van der Waals surface area contributed by atoms with E-state index in [1.165, 1.54) is 42.8 Å². The van der Waals surface area contributed by atoms with Crippen molar-refractivity contribution in [1.29, 1.82) is 0 Å². The van der Waals surface area contributed by atoms with Crippen LogP contribution in [0.4, 0.5) is 15.9 Å². The number of hydrogen-bond acceptors (Lipinski definition) is 5. The molecule has 3 heterocycles. The smallest absolute Gasteiger partial charge is 0.276 e. The van der Waals surface area contributed by atoms with Crippen molar-refractivity contribution in [1.82, 2.24) is 14.8 Å². The van der Waals surface area contributed by atoms with Gasteiger partial charge in [0, 0.05) is 19.2 Å². The van der Waals surface area contributed by atoms with Gasteiger partial charge in [-0.2, -0.15) is 9.78 Å². The Bertz CT molecular complexity index is 1060. The molecule has 1 N–H and O–H groups in total. The summed E-state index contributed by atoms with van der Waals surface area (Å²) in [6.07, 6.45) is 5.18. The number of halogens is 1. The molecule has 29 heavy (non-hydrogen) atoms. The number of hydrogen-bond donors (Lipinski definition) is 1. The van der Waals surface area contributed by atoms with E-state index < -0.39 is 17.3 Å². The average Bonchev–Trinajstić information content (AvgIpc) is 2.76. The lowest BCUT2D eigenvalue weighted by Gasteiger charge is -2.27. The number of nitrogens with one attached hydrogen (secondary N) is 1. The summed E-state index contributed by atoms with van der Waals surface area (Å²) in [7, 11) is 0. The van der Waals surface area contributed by atoms with E-state index in [1.54, 1.807) is 12.3 Å². The fourth-order valence-electron chi connectivity index (χ4n) is 3.26. The van der Waals surface area contributed by atoms with Crippen LogP contribution in [-0.2, 0) is 0 Å². The molecule has 0 atom stereocenters. The van der Waals surface area contributed by atoms with Crippen LogP contribution in [0.1, 0.15) is 29.8 Å². The Balaban J connectivity index is 1.50. The van der Waals surface area contributed by atoms with Crippen LogP contribution in [-0.4, -0.2) is 33.8 Å². The van der Waals surface area contributed by atoms with Gasteiger partial charge < -0.3 is 10.2 Å². The molecule has 2 aromatic heterocycles. The van der Waals surface area contributed by atoms with E-state index in [-0.39, 0.29) is 5.69 Å². The summed E-state index contributed by atoms with van der Waals surface area (Å²) in [5.74, 6) is 0.00950. The van der Waals surface area contributed by atoms with Crippen molar-refractivity contribution >= 4 is 17.4 Å². The molecule has 7 nitrogen and oxygen atoms in total. The molecule has 0 radical (unpaired) electrons. The molecule has 4 rings (SSSR count). The number of carbonyl (C=O) groups excluding carboxylic acids is 1. The van der Waals surface area contributed by atoms with Crippen molar-refractivity contribution in [2.24, 2.45) is 0 Å². The number of carbonyl (C=O) groups is 1. The maximum absolute atomic E-state index is 13.1. The first kappa shape index (κ1) is 18.8. The van der Waals surface area contributed by atoms with Crippen molar-refractivity contribution in [2.75, 3.05) is 23.3 Å². The molecule has 0 unspecified atom stereocenters. The molecule has 8 heteroatoms. The van der Waals surface area contributed by atoms with E-state index >= 15 is 0 Å². The Kier molecular flexibility index (Phi) is 5.33. The van der Waals surface area contributed by atoms with Crippen LogP contribution in [0.15, 0.2) is 59.5 Å². The highest BCUT2D eigenvalue weighted by Crippen LogP contribution is 2.19. The largest absolute Gasteiger partial charge is 0.357 e. The molecule has 1 amide bonds. The quantitative estimate of drug-likeness (QED) is 0.737. The lowest BCUT2D eigenvalue weighted by atomic mass is 10.1. The summed E-state index contributed by atoms with van der Waals surface area (Å²) < 4.78 is 14.2. The summed E-state index contributed by atoms with van der Waals surface area (Å²) in [5, 5.41) is 6.84. The first-order valence-corrected chi connectivity index (χ1v) is 9.49. The molecule has 1 aliphatic heterocycles. The van der Waals surface area contributed by atoms with Gasteiger partial charge in [0.2, 0.25) is 0 Å². The molecular weight excluding hydrogens is 373 g/mol. The highest BCUT2D eigenvalue weighted by Gasteiger charge is 2.14. The molecule has 148 valence electrons. The van der Waals surface area contributed by atoms with Gasteiger partial charge in [0.25, 0.3) is 11.5 Å². The first-order valence-electron chi connectivity index (χ1n) is 9.49. The van der Waals surface area contributed by atoms with Gasteiger partial charge in [-0.15, -0.1) is 0 Å². The molecular formula is C21H20FN5O2. The van der Waals surface area contributed by atoms with Crippen molar-refractivity contribution in [3.8, 4) is 5.69 Å². The van der Waals surface area contributed by atoms with Gasteiger partial charge >= 0.3 is 0 Å². The van der Waals surface area contributed by atoms with Crippen molar-refractivity contribution in [3.63, 3.8) is 0 Å². The van der Waals surface area contributed by atoms with E-state index in [9.17, 15) is 14.0 Å². The average molecular weight is 393 g/mol. The zero-order valence-corrected chi connectivity index (χ0v) is 15.7. The van der Waals surface area contributed by atoms with Crippen LogP contribution in [0.3, 0.4) is 0 Å². The molecule has 0 saturated carbocycles. The van der Waals surface area contributed by atoms with Crippen LogP contribution >= 0.6 is 0 Å². The Labute approximate surface area is 166 Å². The van der Waals surface area contributed by atoms with Crippen LogP contribution in [0.5, 0.6) is 0 Å². The molecule has 1 fully saturated rings. The van der Waals surface area contributed by atoms with Crippen LogP contribution < -0.4 is 15.8 Å². The molecule has 0 aliphatic carbocycles. The minimum absolute atomic E-state index is 0.0639. The zero-order chi connectivity index (χ0) is 20.2. The highest BCUT2D eigenvalue weighted by molar-refractivity contribution is 6.02. The van der Waals surface area contributed by atoms with Gasteiger partial charge in [0.15, 0.2) is 0 Å². The number of piperidine rings is 1. The minimum Gasteiger partial charge on any atom is -0.357 e. The topological polar surface area (TPSA) is 80.1 Å². The second-order valence-electron chi connectivity index (χ2n) is 6.85. The van der Waals surface area contributed by atoms with Crippen LogP contribution in [0, 0.1) is 5.82 Å². The molecule has 3 aromatic rings. The third kappa shape index (κ3) is 4.31. The highest BCUT2D eigenvalue weighted by atomic mass is 19.1. The summed E-state index contributed by atoms with van der Waals surface area (Å²) in [6.45, 7) is 1.99. The third-order valence-electron chi connectivity index (χ3n) is 4.79. The third-order valence-corrected chi connectivity index (χ3v) is 4.79.